The van der Waals surface area contributed by atoms with E-state index in [4.69, 9.17) is 0 Å². The van der Waals surface area contributed by atoms with Gasteiger partial charge in [0.1, 0.15) is 29.6 Å². The number of unbranched alkanes of at least 4 members (excludes halogenated alkanes) is 1. The Balaban J connectivity index is 1.95. The fraction of sp³-hybridized carbons (Fsp3) is 0.362. The molecular weight excluding hydrogens is 795 g/mol. The van der Waals surface area contributed by atoms with Crippen LogP contribution in [0.1, 0.15) is 76.1 Å². The third-order valence-electron chi connectivity index (χ3n) is 9.62. The van der Waals surface area contributed by atoms with Gasteiger partial charge < -0.3 is 46.6 Å². The van der Waals surface area contributed by atoms with Crippen LogP contribution in [0.3, 0.4) is 0 Å². The van der Waals surface area contributed by atoms with Gasteiger partial charge >= 0.3 is 5.97 Å². The molecule has 8 N–H and O–H groups in total. The number of phenolic OH excluding ortho intramolecular Hbond substituents is 1. The molecule has 5 amide bonds. The zero-order valence-electron chi connectivity index (χ0n) is 35.9. The number of carboxylic acid groups (broad SMARTS) is 1. The van der Waals surface area contributed by atoms with E-state index in [0.29, 0.717) is 11.1 Å². The zero-order valence-corrected chi connectivity index (χ0v) is 35.9. The van der Waals surface area contributed by atoms with Gasteiger partial charge in [-0.15, -0.1) is 0 Å². The Labute approximate surface area is 362 Å². The van der Waals surface area contributed by atoms with Crippen LogP contribution in [0.15, 0.2) is 96.7 Å². The minimum absolute atomic E-state index is 0.0586. The molecule has 0 fully saturated rings. The van der Waals surface area contributed by atoms with Crippen molar-refractivity contribution in [1.82, 2.24) is 26.2 Å². The monoisotopic (exact) mass is 853 g/mol. The average molecular weight is 854 g/mol. The normalized spacial score (nSPS) is 14.6. The number of nitrogens with one attached hydrogen (secondary N) is 4. The highest BCUT2D eigenvalue weighted by atomic mass is 16.4. The first kappa shape index (κ1) is 49.8. The van der Waals surface area contributed by atoms with Crippen LogP contribution in [0.2, 0.25) is 0 Å². The maximum absolute atomic E-state index is 14.3. The van der Waals surface area contributed by atoms with Crippen molar-refractivity contribution in [3.63, 3.8) is 0 Å². The van der Waals surface area contributed by atoms with Crippen LogP contribution in [0, 0.1) is 5.92 Å². The summed E-state index contributed by atoms with van der Waals surface area (Å²) >= 11 is 0. The summed E-state index contributed by atoms with van der Waals surface area (Å²) in [5.41, 5.74) is 2.32. The summed E-state index contributed by atoms with van der Waals surface area (Å²) in [5, 5.41) is 50.4. The van der Waals surface area contributed by atoms with E-state index in [1.54, 1.807) is 50.3 Å². The molecule has 0 heterocycles. The summed E-state index contributed by atoms with van der Waals surface area (Å²) in [6.07, 6.45) is 7.09. The van der Waals surface area contributed by atoms with Crippen molar-refractivity contribution in [2.24, 2.45) is 5.92 Å². The first-order valence-corrected chi connectivity index (χ1v) is 20.5. The molecule has 6 unspecified atom stereocenters. The smallest absolute Gasteiger partial charge is 0.328 e. The molecule has 0 aliphatic carbocycles. The molecule has 15 heteroatoms. The quantitative estimate of drug-likeness (QED) is 0.0682. The van der Waals surface area contributed by atoms with Gasteiger partial charge in [-0.25, -0.2) is 4.79 Å². The second kappa shape index (κ2) is 24.6. The van der Waals surface area contributed by atoms with Crippen molar-refractivity contribution in [3.8, 4) is 5.75 Å². The van der Waals surface area contributed by atoms with E-state index >= 15 is 0 Å². The number of nitrogens with zero attached hydrogens (tertiary/aromatic N) is 1. The lowest BCUT2D eigenvalue weighted by atomic mass is 10.0. The molecule has 0 aromatic heterocycles. The van der Waals surface area contributed by atoms with E-state index < -0.39 is 71.9 Å². The molecule has 0 saturated heterocycles. The lowest BCUT2D eigenvalue weighted by molar-refractivity contribution is -0.145. The highest BCUT2D eigenvalue weighted by Gasteiger charge is 2.35. The summed E-state index contributed by atoms with van der Waals surface area (Å²) in [6.45, 7) is 8.18. The Bertz CT molecular complexity index is 2080. The first-order chi connectivity index (χ1) is 29.4. The topological polar surface area (TPSA) is 235 Å². The minimum atomic E-state index is -1.68. The minimum Gasteiger partial charge on any atom is -0.508 e. The molecule has 0 aliphatic rings. The predicted molar refractivity (Wildman–Crippen MR) is 237 cm³/mol. The van der Waals surface area contributed by atoms with Crippen molar-refractivity contribution in [3.05, 3.63) is 119 Å². The number of hydrogen-bond donors (Lipinski definition) is 8. The van der Waals surface area contributed by atoms with E-state index in [9.17, 15) is 49.2 Å². The Morgan fingerprint density at radius 1 is 0.710 bits per heavy atom. The van der Waals surface area contributed by atoms with E-state index in [0.717, 1.165) is 28.9 Å². The lowest BCUT2D eigenvalue weighted by Crippen LogP contribution is -2.58. The van der Waals surface area contributed by atoms with Gasteiger partial charge in [-0.3, -0.25) is 24.0 Å². The molecule has 0 radical (unpaired) electrons. The summed E-state index contributed by atoms with van der Waals surface area (Å²) in [7, 11) is 1.27. The Hall–Kier alpha value is -6.58. The Morgan fingerprint density at radius 2 is 1.29 bits per heavy atom. The molecule has 332 valence electrons. The Morgan fingerprint density at radius 3 is 1.85 bits per heavy atom. The van der Waals surface area contributed by atoms with Crippen LogP contribution in [-0.2, 0) is 35.2 Å². The molecule has 3 aromatic rings. The second-order valence-electron chi connectivity index (χ2n) is 15.4. The van der Waals surface area contributed by atoms with Gasteiger partial charge in [0.05, 0.1) is 12.2 Å². The molecular formula is C47H59N5O10. The molecule has 0 saturated carbocycles. The van der Waals surface area contributed by atoms with Crippen molar-refractivity contribution in [2.75, 3.05) is 7.05 Å². The van der Waals surface area contributed by atoms with Crippen molar-refractivity contribution < 1.29 is 49.2 Å². The first-order valence-electron chi connectivity index (χ1n) is 20.5. The van der Waals surface area contributed by atoms with Crippen LogP contribution in [0.4, 0.5) is 0 Å². The van der Waals surface area contributed by atoms with Crippen LogP contribution in [0.25, 0.3) is 18.2 Å². The van der Waals surface area contributed by atoms with E-state index in [1.807, 2.05) is 36.4 Å². The molecule has 3 aromatic carbocycles. The number of carboxylic acids is 1. The van der Waals surface area contributed by atoms with Gasteiger partial charge in [0.2, 0.25) is 17.7 Å². The standard InChI is InChI=1S/C47H59N5O10/c1-7-8-10-17-34-18-13-14-19-35(34)22-25-40(56)50-41(30(4)53)46(60)52(6)39(28-33-20-23-36(55)24-21-33)45(59)49-37(26-29(2)3)43(57)48-38(27-32-15-11-9-12-16-32)44(58)51-42(31(5)54)47(61)62/h9-25,28-31,37-38,41-42,53-55H,7-8,26-27H2,1-6H3,(H,48,57)(H,49,59)(H,50,56)(H,51,58)(H,61,62). The molecule has 15 nitrogen and oxygen atoms in total. The highest BCUT2D eigenvalue weighted by Crippen LogP contribution is 2.18. The molecule has 0 aliphatic heterocycles. The summed E-state index contributed by atoms with van der Waals surface area (Å²) < 4.78 is 0. The zero-order chi connectivity index (χ0) is 45.9. The van der Waals surface area contributed by atoms with Crippen molar-refractivity contribution in [2.45, 2.75) is 96.7 Å². The Kier molecular flexibility index (Phi) is 19.8. The number of aliphatic carboxylic acids is 1. The van der Waals surface area contributed by atoms with Gasteiger partial charge in [-0.05, 0) is 79.1 Å². The van der Waals surface area contributed by atoms with Gasteiger partial charge in [-0.2, -0.15) is 0 Å². The summed E-state index contributed by atoms with van der Waals surface area (Å²) in [5.74, 6) is -5.91. The summed E-state index contributed by atoms with van der Waals surface area (Å²) in [6, 6.07) is 15.9. The predicted octanol–water partition coefficient (Wildman–Crippen LogP) is 3.79. The third kappa shape index (κ3) is 15.8. The van der Waals surface area contributed by atoms with Crippen molar-refractivity contribution >= 4 is 53.7 Å². The number of carbonyl (C=O) groups is 6. The highest BCUT2D eigenvalue weighted by molar-refractivity contribution is 6.05. The van der Waals surface area contributed by atoms with Gasteiger partial charge in [-0.1, -0.05) is 106 Å². The number of carbonyl (C=O) groups excluding carboxylic acids is 5. The third-order valence-corrected chi connectivity index (χ3v) is 9.62. The maximum Gasteiger partial charge on any atom is 0.328 e. The molecule has 0 bridgehead atoms. The van der Waals surface area contributed by atoms with E-state index in [2.05, 4.69) is 28.2 Å². The fourth-order valence-corrected chi connectivity index (χ4v) is 6.23. The maximum atomic E-state index is 14.3. The van der Waals surface area contributed by atoms with E-state index in [-0.39, 0.29) is 30.2 Å². The molecule has 6 atom stereocenters. The number of likely N-dealkylation sites (N-methyl/N-ethyl adjacent to an activating group) is 1. The number of allylic oxidation sites excluding steroid dienone is 1. The summed E-state index contributed by atoms with van der Waals surface area (Å²) in [4.78, 5) is 82.0. The number of hydrogen-bond acceptors (Lipinski definition) is 9. The van der Waals surface area contributed by atoms with Gasteiger partial charge in [0.25, 0.3) is 11.8 Å². The number of aliphatic hydroxyl groups excluding tert-OH is 2. The van der Waals surface area contributed by atoms with Crippen molar-refractivity contribution in [1.29, 1.82) is 0 Å². The molecule has 3 rings (SSSR count). The molecule has 0 spiro atoms. The van der Waals surface area contributed by atoms with Gasteiger partial charge in [0.15, 0.2) is 6.04 Å². The number of amides is 5. The van der Waals surface area contributed by atoms with Gasteiger partial charge in [0, 0.05) is 19.5 Å². The SMILES string of the molecule is CCCC=Cc1ccccc1C=CC(=O)NC(C(=O)N(C)C(=Cc1ccc(O)cc1)C(=O)NC(CC(C)C)C(=O)NC(Cc1ccccc1)C(=O)NC(C(=O)O)C(C)O)C(C)O. The lowest BCUT2D eigenvalue weighted by Gasteiger charge is -2.29. The van der Waals surface area contributed by atoms with Crippen LogP contribution >= 0.6 is 0 Å². The largest absolute Gasteiger partial charge is 0.508 e. The number of phenols is 1. The number of aromatic hydroxyl groups is 1. The van der Waals surface area contributed by atoms with E-state index in [1.165, 1.54) is 57.3 Å². The number of benzene rings is 3. The van der Waals surface area contributed by atoms with Crippen LogP contribution in [-0.4, -0.2) is 104 Å². The average Bonchev–Trinajstić information content (AvgIpc) is 3.22. The number of aliphatic hydroxyl groups is 2. The number of rotatable bonds is 22. The van der Waals surface area contributed by atoms with Crippen LogP contribution < -0.4 is 21.3 Å². The molecule has 62 heavy (non-hydrogen) atoms. The second-order valence-corrected chi connectivity index (χ2v) is 15.4. The fourth-order valence-electron chi connectivity index (χ4n) is 6.23. The van der Waals surface area contributed by atoms with Crippen LogP contribution in [0.5, 0.6) is 5.75 Å².